The van der Waals surface area contributed by atoms with Crippen molar-refractivity contribution in [2.24, 2.45) is 0 Å². The van der Waals surface area contributed by atoms with E-state index in [1.807, 2.05) is 6.07 Å². The van der Waals surface area contributed by atoms with Crippen LogP contribution in [-0.4, -0.2) is 0 Å². The van der Waals surface area contributed by atoms with Gasteiger partial charge in [0, 0.05) is 4.88 Å². The molecule has 0 N–H and O–H groups in total. The molecular formula is C7H7ClS. The number of hydrogen-bond acceptors (Lipinski definition) is 1. The summed E-state index contributed by atoms with van der Waals surface area (Å²) in [6, 6.07) is 4.13. The molecule has 0 aliphatic heterocycles. The number of hydrogen-bond donors (Lipinski definition) is 0. The number of rotatable bonds is 1. The summed E-state index contributed by atoms with van der Waals surface area (Å²) >= 11 is 7.47. The summed E-state index contributed by atoms with van der Waals surface area (Å²) in [5.74, 6) is 0.863. The Hall–Kier alpha value is -0.0100. The summed E-state index contributed by atoms with van der Waals surface area (Å²) in [5.41, 5.74) is 0. The molecule has 0 atom stereocenters. The van der Waals surface area contributed by atoms with Gasteiger partial charge in [0.05, 0.1) is 4.34 Å². The lowest BCUT2D eigenvalue weighted by atomic mass is 10.3. The Morgan fingerprint density at radius 1 is 1.44 bits per heavy atom. The van der Waals surface area contributed by atoms with Crippen LogP contribution < -0.4 is 0 Å². The van der Waals surface area contributed by atoms with Crippen molar-refractivity contribution < 1.29 is 0 Å². The van der Waals surface area contributed by atoms with Crippen LogP contribution in [0, 0.1) is 0 Å². The van der Waals surface area contributed by atoms with Crippen molar-refractivity contribution >= 4 is 22.9 Å². The van der Waals surface area contributed by atoms with Crippen LogP contribution >= 0.6 is 22.9 Å². The molecule has 1 aromatic rings. The minimum Gasteiger partial charge on any atom is -0.128 e. The molecule has 0 amide bonds. The topological polar surface area (TPSA) is 0 Å². The van der Waals surface area contributed by atoms with E-state index in [9.17, 15) is 0 Å². The molecule has 0 aromatic carbocycles. The van der Waals surface area contributed by atoms with Gasteiger partial charge in [-0.25, -0.2) is 0 Å². The first-order valence-corrected chi connectivity index (χ1v) is 4.31. The second-order valence-electron chi connectivity index (χ2n) is 2.42. The molecule has 1 fully saturated rings. The van der Waals surface area contributed by atoms with Crippen LogP contribution in [0.3, 0.4) is 0 Å². The van der Waals surface area contributed by atoms with Gasteiger partial charge < -0.3 is 0 Å². The maximum atomic E-state index is 5.75. The molecule has 2 heteroatoms. The van der Waals surface area contributed by atoms with Crippen LogP contribution in [0.4, 0.5) is 0 Å². The summed E-state index contributed by atoms with van der Waals surface area (Å²) in [6.07, 6.45) is 2.74. The van der Waals surface area contributed by atoms with Crippen LogP contribution in [0.2, 0.25) is 4.34 Å². The summed E-state index contributed by atoms with van der Waals surface area (Å²) in [6.45, 7) is 0. The zero-order valence-corrected chi connectivity index (χ0v) is 6.50. The lowest BCUT2D eigenvalue weighted by Gasteiger charge is -1.83. The molecule has 0 radical (unpaired) electrons. The Labute approximate surface area is 63.5 Å². The van der Waals surface area contributed by atoms with Gasteiger partial charge in [-0.15, -0.1) is 11.3 Å². The Morgan fingerprint density at radius 2 is 2.22 bits per heavy atom. The second-order valence-corrected chi connectivity index (χ2v) is 4.16. The fourth-order valence-electron chi connectivity index (χ4n) is 0.916. The average Bonchev–Trinajstić information content (AvgIpc) is 2.58. The summed E-state index contributed by atoms with van der Waals surface area (Å²) in [4.78, 5) is 1.47. The smallest absolute Gasteiger partial charge is 0.0931 e. The highest BCUT2D eigenvalue weighted by Crippen LogP contribution is 2.43. The highest BCUT2D eigenvalue weighted by Gasteiger charge is 2.24. The van der Waals surface area contributed by atoms with Crippen molar-refractivity contribution in [1.29, 1.82) is 0 Å². The van der Waals surface area contributed by atoms with Crippen molar-refractivity contribution in [3.8, 4) is 0 Å². The Balaban J connectivity index is 2.28. The first-order valence-electron chi connectivity index (χ1n) is 3.11. The van der Waals surface area contributed by atoms with Gasteiger partial charge in [0.25, 0.3) is 0 Å². The molecule has 1 aliphatic rings. The molecule has 0 unspecified atom stereocenters. The van der Waals surface area contributed by atoms with Crippen molar-refractivity contribution in [2.75, 3.05) is 0 Å². The first kappa shape index (κ1) is 5.75. The normalized spacial score (nSPS) is 18.3. The first-order chi connectivity index (χ1) is 4.36. The Morgan fingerprint density at radius 3 is 2.67 bits per heavy atom. The predicted octanol–water partition coefficient (Wildman–Crippen LogP) is 3.28. The third-order valence-corrected chi connectivity index (χ3v) is 2.97. The van der Waals surface area contributed by atoms with E-state index >= 15 is 0 Å². The van der Waals surface area contributed by atoms with Crippen molar-refractivity contribution in [3.05, 3.63) is 21.3 Å². The second kappa shape index (κ2) is 1.99. The molecule has 1 heterocycles. The van der Waals surface area contributed by atoms with Crippen molar-refractivity contribution in [2.45, 2.75) is 18.8 Å². The number of thiophene rings is 1. The molecule has 1 saturated carbocycles. The molecule has 2 rings (SSSR count). The van der Waals surface area contributed by atoms with Gasteiger partial charge in [-0.2, -0.15) is 0 Å². The standard InChI is InChI=1S/C7H7ClS/c8-7-4-3-6(9-7)5-1-2-5/h3-5H,1-2H2. The highest BCUT2D eigenvalue weighted by atomic mass is 35.5. The fraction of sp³-hybridized carbons (Fsp3) is 0.429. The van der Waals surface area contributed by atoms with E-state index in [0.29, 0.717) is 0 Å². The molecule has 0 nitrogen and oxygen atoms in total. The van der Waals surface area contributed by atoms with E-state index in [0.717, 1.165) is 10.3 Å². The van der Waals surface area contributed by atoms with Crippen LogP contribution in [0.15, 0.2) is 12.1 Å². The molecule has 1 aromatic heterocycles. The van der Waals surface area contributed by atoms with Crippen LogP contribution in [0.5, 0.6) is 0 Å². The average molecular weight is 159 g/mol. The third kappa shape index (κ3) is 1.12. The minimum absolute atomic E-state index is 0.863. The van der Waals surface area contributed by atoms with Gasteiger partial charge in [0.2, 0.25) is 0 Å². The summed E-state index contributed by atoms with van der Waals surface area (Å²) < 4.78 is 0.928. The van der Waals surface area contributed by atoms with E-state index < -0.39 is 0 Å². The monoisotopic (exact) mass is 158 g/mol. The van der Waals surface area contributed by atoms with Gasteiger partial charge in [-0.3, -0.25) is 0 Å². The predicted molar refractivity (Wildman–Crippen MR) is 41.3 cm³/mol. The SMILES string of the molecule is Clc1ccc(C2CC2)s1. The van der Waals surface area contributed by atoms with Crippen LogP contribution in [0.1, 0.15) is 23.6 Å². The minimum atomic E-state index is 0.863. The Kier molecular flexibility index (Phi) is 1.27. The molecule has 48 valence electrons. The zero-order valence-electron chi connectivity index (χ0n) is 4.93. The maximum absolute atomic E-state index is 5.75. The third-order valence-electron chi connectivity index (χ3n) is 1.57. The van der Waals surface area contributed by atoms with Crippen molar-refractivity contribution in [1.82, 2.24) is 0 Å². The molecule has 0 bridgehead atoms. The quantitative estimate of drug-likeness (QED) is 0.589. The summed E-state index contributed by atoms with van der Waals surface area (Å²) in [7, 11) is 0. The van der Waals surface area contributed by atoms with Crippen LogP contribution in [0.25, 0.3) is 0 Å². The van der Waals surface area contributed by atoms with Gasteiger partial charge in [0.1, 0.15) is 0 Å². The van der Waals surface area contributed by atoms with E-state index in [1.165, 1.54) is 17.7 Å². The fourth-order valence-corrected chi connectivity index (χ4v) is 2.15. The van der Waals surface area contributed by atoms with E-state index in [4.69, 9.17) is 11.6 Å². The Bertz CT molecular complexity index is 212. The van der Waals surface area contributed by atoms with Crippen LogP contribution in [-0.2, 0) is 0 Å². The lowest BCUT2D eigenvalue weighted by Crippen LogP contribution is -1.62. The van der Waals surface area contributed by atoms with E-state index in [1.54, 1.807) is 11.3 Å². The van der Waals surface area contributed by atoms with Gasteiger partial charge in [-0.05, 0) is 30.9 Å². The van der Waals surface area contributed by atoms with E-state index in [-0.39, 0.29) is 0 Å². The maximum Gasteiger partial charge on any atom is 0.0931 e. The summed E-state index contributed by atoms with van der Waals surface area (Å²) in [5, 5.41) is 0. The molecule has 1 aliphatic carbocycles. The van der Waals surface area contributed by atoms with Gasteiger partial charge >= 0.3 is 0 Å². The molecule has 9 heavy (non-hydrogen) atoms. The largest absolute Gasteiger partial charge is 0.128 e. The highest BCUT2D eigenvalue weighted by molar-refractivity contribution is 7.16. The molecule has 0 spiro atoms. The molecular weight excluding hydrogens is 152 g/mol. The number of halogens is 1. The van der Waals surface area contributed by atoms with Gasteiger partial charge in [-0.1, -0.05) is 11.6 Å². The molecule has 0 saturated heterocycles. The van der Waals surface area contributed by atoms with E-state index in [2.05, 4.69) is 6.07 Å². The van der Waals surface area contributed by atoms with Gasteiger partial charge in [0.15, 0.2) is 0 Å². The van der Waals surface area contributed by atoms with Crippen molar-refractivity contribution in [3.63, 3.8) is 0 Å². The zero-order chi connectivity index (χ0) is 6.27. The lowest BCUT2D eigenvalue weighted by molar-refractivity contribution is 1.18.